The van der Waals surface area contributed by atoms with Gasteiger partial charge in [0.25, 0.3) is 5.91 Å². The molecule has 0 bridgehead atoms. The van der Waals surface area contributed by atoms with Crippen molar-refractivity contribution >= 4 is 17.5 Å². The third-order valence-corrected chi connectivity index (χ3v) is 4.74. The van der Waals surface area contributed by atoms with Gasteiger partial charge in [-0.15, -0.1) is 5.10 Å². The molecule has 0 aliphatic heterocycles. The predicted octanol–water partition coefficient (Wildman–Crippen LogP) is 4.31. The fraction of sp³-hybridized carbons (Fsp3) is 0.125. The van der Waals surface area contributed by atoms with E-state index >= 15 is 0 Å². The van der Waals surface area contributed by atoms with Gasteiger partial charge in [0.15, 0.2) is 5.82 Å². The summed E-state index contributed by atoms with van der Waals surface area (Å²) < 4.78 is 1.35. The van der Waals surface area contributed by atoms with Crippen molar-refractivity contribution in [1.82, 2.24) is 14.8 Å². The maximum atomic E-state index is 13.4. The molecule has 0 amide bonds. The summed E-state index contributed by atoms with van der Waals surface area (Å²) in [5.41, 5.74) is 3.34. The highest BCUT2D eigenvalue weighted by atomic mass is 16.2. The summed E-state index contributed by atoms with van der Waals surface area (Å²) in [6.45, 7) is 0.538. The Kier molecular flexibility index (Phi) is 5.57. The van der Waals surface area contributed by atoms with Gasteiger partial charge in [-0.2, -0.15) is 9.67 Å². The Morgan fingerprint density at radius 3 is 2.23 bits per heavy atom. The van der Waals surface area contributed by atoms with Crippen LogP contribution in [0.25, 0.3) is 11.4 Å². The van der Waals surface area contributed by atoms with Gasteiger partial charge in [0.05, 0.1) is 5.56 Å². The molecule has 0 unspecified atom stereocenters. The molecule has 4 aromatic rings. The van der Waals surface area contributed by atoms with Gasteiger partial charge >= 0.3 is 0 Å². The number of anilines is 2. The lowest BCUT2D eigenvalue weighted by Crippen LogP contribution is -2.21. The average molecular weight is 397 g/mol. The maximum Gasteiger partial charge on any atom is 0.283 e. The van der Waals surface area contributed by atoms with E-state index in [1.807, 2.05) is 104 Å². The Bertz CT molecular complexity index is 1140. The Balaban J connectivity index is 1.73. The van der Waals surface area contributed by atoms with Crippen molar-refractivity contribution in [3.63, 3.8) is 0 Å². The first kappa shape index (κ1) is 19.4. The molecule has 1 aromatic heterocycles. The van der Waals surface area contributed by atoms with Crippen LogP contribution in [0.3, 0.4) is 0 Å². The van der Waals surface area contributed by atoms with E-state index in [0.717, 1.165) is 16.8 Å². The van der Waals surface area contributed by atoms with E-state index in [1.165, 1.54) is 4.68 Å². The molecule has 0 fully saturated rings. The lowest BCUT2D eigenvalue weighted by atomic mass is 10.1. The second-order valence-corrected chi connectivity index (χ2v) is 7.09. The minimum Gasteiger partial charge on any atom is -0.377 e. The number of benzene rings is 3. The highest BCUT2D eigenvalue weighted by Gasteiger charge is 2.21. The monoisotopic (exact) mass is 397 g/mol. The Labute approximate surface area is 175 Å². The normalized spacial score (nSPS) is 10.6. The van der Waals surface area contributed by atoms with Crippen LogP contribution >= 0.6 is 0 Å². The van der Waals surface area contributed by atoms with Crippen LogP contribution in [-0.4, -0.2) is 34.8 Å². The standard InChI is InChI=1S/C24H23N5O/c1-28(2)21-16-10-9-15-20(21)23(30)29-24(25-17-18-11-5-3-6-12-18)26-22(27-29)19-13-7-4-8-14-19/h3-16H,17H2,1-2H3,(H,25,26,27). The Hall–Kier alpha value is -3.93. The average Bonchev–Trinajstić information content (AvgIpc) is 3.23. The fourth-order valence-electron chi connectivity index (χ4n) is 3.21. The van der Waals surface area contributed by atoms with Gasteiger partial charge in [-0.1, -0.05) is 72.8 Å². The van der Waals surface area contributed by atoms with E-state index in [1.54, 1.807) is 0 Å². The highest BCUT2D eigenvalue weighted by Crippen LogP contribution is 2.23. The Morgan fingerprint density at radius 1 is 0.900 bits per heavy atom. The summed E-state index contributed by atoms with van der Waals surface area (Å²) >= 11 is 0. The number of hydrogen-bond acceptors (Lipinski definition) is 5. The van der Waals surface area contributed by atoms with Crippen LogP contribution in [0.2, 0.25) is 0 Å². The van der Waals surface area contributed by atoms with Crippen LogP contribution < -0.4 is 10.2 Å². The molecule has 0 atom stereocenters. The van der Waals surface area contributed by atoms with Gasteiger partial charge in [0.1, 0.15) is 0 Å². The summed E-state index contributed by atoms with van der Waals surface area (Å²) in [6, 6.07) is 27.1. The third-order valence-electron chi connectivity index (χ3n) is 4.74. The molecule has 1 N–H and O–H groups in total. The molecule has 0 aliphatic carbocycles. The molecule has 0 aliphatic rings. The van der Waals surface area contributed by atoms with Crippen LogP contribution in [0.5, 0.6) is 0 Å². The number of hydrogen-bond donors (Lipinski definition) is 1. The number of nitrogens with one attached hydrogen (secondary N) is 1. The topological polar surface area (TPSA) is 63.1 Å². The van der Waals surface area contributed by atoms with Crippen molar-refractivity contribution in [2.24, 2.45) is 0 Å². The largest absolute Gasteiger partial charge is 0.377 e. The molecule has 0 radical (unpaired) electrons. The zero-order chi connectivity index (χ0) is 20.9. The summed E-state index contributed by atoms with van der Waals surface area (Å²) in [6.07, 6.45) is 0. The lowest BCUT2D eigenvalue weighted by Gasteiger charge is -2.16. The van der Waals surface area contributed by atoms with Crippen molar-refractivity contribution in [2.75, 3.05) is 24.3 Å². The quantitative estimate of drug-likeness (QED) is 0.525. The fourth-order valence-corrected chi connectivity index (χ4v) is 3.21. The SMILES string of the molecule is CN(C)c1ccccc1C(=O)n1nc(-c2ccccc2)nc1NCc1ccccc1. The van der Waals surface area contributed by atoms with E-state index < -0.39 is 0 Å². The van der Waals surface area contributed by atoms with Gasteiger partial charge in [-0.3, -0.25) is 4.79 Å². The first-order valence-corrected chi connectivity index (χ1v) is 9.75. The van der Waals surface area contributed by atoms with Crippen molar-refractivity contribution < 1.29 is 4.79 Å². The molecule has 6 nitrogen and oxygen atoms in total. The molecular formula is C24H23N5O. The predicted molar refractivity (Wildman–Crippen MR) is 120 cm³/mol. The summed E-state index contributed by atoms with van der Waals surface area (Å²) in [7, 11) is 3.83. The molecule has 150 valence electrons. The van der Waals surface area contributed by atoms with Crippen molar-refractivity contribution in [3.8, 4) is 11.4 Å². The second-order valence-electron chi connectivity index (χ2n) is 7.09. The summed E-state index contributed by atoms with van der Waals surface area (Å²) in [4.78, 5) is 20.0. The number of rotatable bonds is 6. The molecule has 0 spiro atoms. The van der Waals surface area contributed by atoms with E-state index in [-0.39, 0.29) is 5.91 Å². The van der Waals surface area contributed by atoms with Crippen molar-refractivity contribution in [2.45, 2.75) is 6.54 Å². The van der Waals surface area contributed by atoms with E-state index in [2.05, 4.69) is 15.4 Å². The summed E-state index contributed by atoms with van der Waals surface area (Å²) in [5, 5.41) is 7.82. The van der Waals surface area contributed by atoms with Crippen LogP contribution in [-0.2, 0) is 6.54 Å². The van der Waals surface area contributed by atoms with Gasteiger partial charge in [-0.05, 0) is 17.7 Å². The van der Waals surface area contributed by atoms with Gasteiger partial charge < -0.3 is 10.2 Å². The Morgan fingerprint density at radius 2 is 1.53 bits per heavy atom. The number of nitrogens with zero attached hydrogens (tertiary/aromatic N) is 4. The zero-order valence-corrected chi connectivity index (χ0v) is 17.0. The molecule has 1 heterocycles. The molecule has 0 saturated heterocycles. The van der Waals surface area contributed by atoms with E-state index in [0.29, 0.717) is 23.9 Å². The number of para-hydroxylation sites is 1. The molecule has 4 rings (SSSR count). The van der Waals surface area contributed by atoms with Crippen LogP contribution in [0, 0.1) is 0 Å². The smallest absolute Gasteiger partial charge is 0.283 e. The second kappa shape index (κ2) is 8.61. The molecular weight excluding hydrogens is 374 g/mol. The molecule has 30 heavy (non-hydrogen) atoms. The van der Waals surface area contributed by atoms with Crippen molar-refractivity contribution in [1.29, 1.82) is 0 Å². The highest BCUT2D eigenvalue weighted by molar-refractivity contribution is 6.02. The maximum absolute atomic E-state index is 13.4. The van der Waals surface area contributed by atoms with Gasteiger partial charge in [0.2, 0.25) is 5.95 Å². The first-order chi connectivity index (χ1) is 14.6. The lowest BCUT2D eigenvalue weighted by molar-refractivity contribution is 0.0948. The minimum absolute atomic E-state index is 0.232. The number of carbonyl (C=O) groups excluding carboxylic acids is 1. The number of carbonyl (C=O) groups is 1. The van der Waals surface area contributed by atoms with Gasteiger partial charge in [0, 0.05) is 31.9 Å². The molecule has 6 heteroatoms. The third kappa shape index (κ3) is 4.07. The van der Waals surface area contributed by atoms with Crippen LogP contribution in [0.15, 0.2) is 84.9 Å². The van der Waals surface area contributed by atoms with Crippen molar-refractivity contribution in [3.05, 3.63) is 96.1 Å². The van der Waals surface area contributed by atoms with Gasteiger partial charge in [-0.25, -0.2) is 0 Å². The zero-order valence-electron chi connectivity index (χ0n) is 17.0. The minimum atomic E-state index is -0.232. The molecule has 0 saturated carbocycles. The van der Waals surface area contributed by atoms with Crippen LogP contribution in [0.1, 0.15) is 15.9 Å². The molecule has 3 aromatic carbocycles. The number of aromatic nitrogens is 3. The van der Waals surface area contributed by atoms with E-state index in [9.17, 15) is 4.79 Å². The van der Waals surface area contributed by atoms with E-state index in [4.69, 9.17) is 0 Å². The first-order valence-electron chi connectivity index (χ1n) is 9.75. The summed E-state index contributed by atoms with van der Waals surface area (Å²) in [5.74, 6) is 0.683. The van der Waals surface area contributed by atoms with Crippen LogP contribution in [0.4, 0.5) is 11.6 Å².